The third kappa shape index (κ3) is 3.36. The minimum absolute atomic E-state index is 0.200. The molecule has 1 unspecified atom stereocenters. The summed E-state index contributed by atoms with van der Waals surface area (Å²) in [6.45, 7) is 3.66. The summed E-state index contributed by atoms with van der Waals surface area (Å²) in [4.78, 5) is 10.9. The zero-order chi connectivity index (χ0) is 11.3. The predicted molar refractivity (Wildman–Crippen MR) is 64.3 cm³/mol. The van der Waals surface area contributed by atoms with Crippen LogP contribution in [0, 0.1) is 0 Å². The molecule has 0 radical (unpaired) electrons. The highest BCUT2D eigenvalue weighted by Gasteiger charge is 2.20. The molecule has 1 aromatic rings. The number of halogens is 2. The van der Waals surface area contributed by atoms with Gasteiger partial charge in [0.15, 0.2) is 0 Å². The topological polar surface area (TPSA) is 26.3 Å². The van der Waals surface area contributed by atoms with E-state index in [1.165, 1.54) is 6.08 Å². The third-order valence-electron chi connectivity index (χ3n) is 1.73. The van der Waals surface area contributed by atoms with Gasteiger partial charge in [0.05, 0.1) is 0 Å². The van der Waals surface area contributed by atoms with Crippen LogP contribution in [0.2, 0.25) is 5.02 Å². The van der Waals surface area contributed by atoms with E-state index in [2.05, 4.69) is 22.5 Å². The Morgan fingerprint density at radius 2 is 2.27 bits per heavy atom. The van der Waals surface area contributed by atoms with Gasteiger partial charge in [-0.15, -0.1) is 0 Å². The fourth-order valence-electron chi connectivity index (χ4n) is 1.02. The van der Waals surface area contributed by atoms with Gasteiger partial charge in [-0.05, 0) is 11.6 Å². The van der Waals surface area contributed by atoms with Crippen molar-refractivity contribution in [1.29, 1.82) is 0 Å². The summed E-state index contributed by atoms with van der Waals surface area (Å²) in [6, 6.07) is 7.12. The number of benzene rings is 1. The second kappa shape index (κ2) is 5.93. The number of hydrogen-bond acceptors (Lipinski definition) is 2. The minimum Gasteiger partial charge on any atom is -0.460 e. The zero-order valence-electron chi connectivity index (χ0n) is 7.95. The lowest BCUT2D eigenvalue weighted by atomic mass is 10.1. The van der Waals surface area contributed by atoms with Gasteiger partial charge in [-0.1, -0.05) is 58.4 Å². The van der Waals surface area contributed by atoms with Crippen molar-refractivity contribution >= 4 is 33.5 Å². The number of esters is 1. The van der Waals surface area contributed by atoms with Gasteiger partial charge in [0.2, 0.25) is 0 Å². The predicted octanol–water partition coefficient (Wildman–Crippen LogP) is 3.51. The lowest BCUT2D eigenvalue weighted by Crippen LogP contribution is -2.11. The molecular weight excluding hydrogens is 279 g/mol. The van der Waals surface area contributed by atoms with E-state index < -0.39 is 4.83 Å². The molecule has 1 atom stereocenters. The zero-order valence-corrected chi connectivity index (χ0v) is 10.3. The second-order valence-corrected chi connectivity index (χ2v) is 4.13. The van der Waals surface area contributed by atoms with Gasteiger partial charge >= 0.3 is 5.97 Å². The highest BCUT2D eigenvalue weighted by Crippen LogP contribution is 2.30. The van der Waals surface area contributed by atoms with Gasteiger partial charge in [-0.3, -0.25) is 4.79 Å². The van der Waals surface area contributed by atoms with Crippen LogP contribution in [0.5, 0.6) is 0 Å². The molecule has 0 heterocycles. The van der Waals surface area contributed by atoms with Gasteiger partial charge in [0.25, 0.3) is 0 Å². The van der Waals surface area contributed by atoms with Gasteiger partial charge in [0.1, 0.15) is 11.4 Å². The number of carbonyl (C=O) groups is 1. The Morgan fingerprint density at radius 1 is 1.60 bits per heavy atom. The Hall–Kier alpha value is -0.800. The molecule has 0 aliphatic carbocycles. The molecule has 4 heteroatoms. The maximum absolute atomic E-state index is 11.5. The van der Waals surface area contributed by atoms with Gasteiger partial charge in [0, 0.05) is 5.02 Å². The first kappa shape index (κ1) is 12.3. The summed E-state index contributed by atoms with van der Waals surface area (Å²) in [5, 5.41) is 0.537. The maximum atomic E-state index is 11.5. The Kier molecular flexibility index (Phi) is 4.85. The molecule has 0 bridgehead atoms. The molecule has 1 aromatic carbocycles. The maximum Gasteiger partial charge on any atom is 0.324 e. The van der Waals surface area contributed by atoms with Crippen LogP contribution in [0.3, 0.4) is 0 Å². The summed E-state index contributed by atoms with van der Waals surface area (Å²) in [5.41, 5.74) is 0.702. The minimum atomic E-state index is -0.536. The van der Waals surface area contributed by atoms with Crippen molar-refractivity contribution in [2.45, 2.75) is 4.83 Å². The van der Waals surface area contributed by atoms with E-state index in [9.17, 15) is 4.79 Å². The third-order valence-corrected chi connectivity index (χ3v) is 2.94. The van der Waals surface area contributed by atoms with Crippen molar-refractivity contribution in [3.63, 3.8) is 0 Å². The fraction of sp³-hybridized carbons (Fsp3) is 0.182. The van der Waals surface area contributed by atoms with Crippen LogP contribution in [-0.2, 0) is 9.53 Å². The molecule has 0 saturated carbocycles. The van der Waals surface area contributed by atoms with Crippen LogP contribution in [0.25, 0.3) is 0 Å². The molecule has 0 saturated heterocycles. The Balaban J connectivity index is 2.76. The smallest absolute Gasteiger partial charge is 0.324 e. The molecule has 80 valence electrons. The monoisotopic (exact) mass is 288 g/mol. The van der Waals surface area contributed by atoms with Crippen LogP contribution < -0.4 is 0 Å². The molecule has 1 rings (SSSR count). The van der Waals surface area contributed by atoms with Gasteiger partial charge in [-0.2, -0.15) is 0 Å². The number of alkyl halides is 1. The average Bonchev–Trinajstić information content (AvgIpc) is 2.25. The van der Waals surface area contributed by atoms with Crippen LogP contribution in [0.4, 0.5) is 0 Å². The second-order valence-electron chi connectivity index (χ2n) is 2.80. The molecule has 0 amide bonds. The van der Waals surface area contributed by atoms with E-state index in [0.717, 1.165) is 0 Å². The van der Waals surface area contributed by atoms with Crippen LogP contribution >= 0.6 is 27.5 Å². The standard InChI is InChI=1S/C11H10BrClO2/c1-2-7-15-11(14)10(12)8-5-3-4-6-9(8)13/h2-6,10H,1,7H2. The van der Waals surface area contributed by atoms with E-state index in [-0.39, 0.29) is 12.6 Å². The lowest BCUT2D eigenvalue weighted by molar-refractivity contribution is -0.141. The lowest BCUT2D eigenvalue weighted by Gasteiger charge is -2.10. The van der Waals surface area contributed by atoms with E-state index in [1.54, 1.807) is 18.2 Å². The molecule has 0 aliphatic rings. The molecule has 0 spiro atoms. The van der Waals surface area contributed by atoms with Crippen LogP contribution in [0.1, 0.15) is 10.4 Å². The highest BCUT2D eigenvalue weighted by atomic mass is 79.9. The first-order chi connectivity index (χ1) is 7.16. The first-order valence-electron chi connectivity index (χ1n) is 4.33. The fourth-order valence-corrected chi connectivity index (χ4v) is 1.93. The number of carbonyl (C=O) groups excluding carboxylic acids is 1. The van der Waals surface area contributed by atoms with Crippen LogP contribution in [-0.4, -0.2) is 12.6 Å². The van der Waals surface area contributed by atoms with E-state index in [0.29, 0.717) is 10.6 Å². The van der Waals surface area contributed by atoms with E-state index >= 15 is 0 Å². The quantitative estimate of drug-likeness (QED) is 0.482. The Bertz CT molecular complexity index is 365. The summed E-state index contributed by atoms with van der Waals surface area (Å²) in [7, 11) is 0. The van der Waals surface area contributed by atoms with E-state index in [4.69, 9.17) is 16.3 Å². The van der Waals surface area contributed by atoms with Crippen molar-refractivity contribution < 1.29 is 9.53 Å². The number of rotatable bonds is 4. The first-order valence-corrected chi connectivity index (χ1v) is 5.62. The van der Waals surface area contributed by atoms with Crippen molar-refractivity contribution in [2.24, 2.45) is 0 Å². The van der Waals surface area contributed by atoms with Crippen molar-refractivity contribution in [3.05, 3.63) is 47.5 Å². The molecule has 2 nitrogen and oxygen atoms in total. The normalized spacial score (nSPS) is 11.9. The summed E-state index contributed by atoms with van der Waals surface area (Å²) >= 11 is 9.18. The molecule has 0 aromatic heterocycles. The van der Waals surface area contributed by atoms with Crippen molar-refractivity contribution in [2.75, 3.05) is 6.61 Å². The molecule has 0 fully saturated rings. The van der Waals surface area contributed by atoms with Gasteiger partial charge < -0.3 is 4.74 Å². The summed E-state index contributed by atoms with van der Waals surface area (Å²) in [5.74, 6) is -0.372. The summed E-state index contributed by atoms with van der Waals surface area (Å²) < 4.78 is 4.90. The largest absolute Gasteiger partial charge is 0.460 e. The van der Waals surface area contributed by atoms with Crippen LogP contribution in [0.15, 0.2) is 36.9 Å². The Labute approximate surface area is 102 Å². The van der Waals surface area contributed by atoms with E-state index in [1.807, 2.05) is 6.07 Å². The highest BCUT2D eigenvalue weighted by molar-refractivity contribution is 9.09. The Morgan fingerprint density at radius 3 is 2.87 bits per heavy atom. The van der Waals surface area contributed by atoms with Gasteiger partial charge in [-0.25, -0.2) is 0 Å². The van der Waals surface area contributed by atoms with Crippen molar-refractivity contribution in [3.8, 4) is 0 Å². The van der Waals surface area contributed by atoms with Crippen molar-refractivity contribution in [1.82, 2.24) is 0 Å². The molecule has 0 aliphatic heterocycles. The SMILES string of the molecule is C=CCOC(=O)C(Br)c1ccccc1Cl. The molecule has 15 heavy (non-hydrogen) atoms. The molecular formula is C11H10BrClO2. The summed E-state index contributed by atoms with van der Waals surface area (Å²) in [6.07, 6.45) is 1.52. The number of hydrogen-bond donors (Lipinski definition) is 0. The average molecular weight is 290 g/mol. The molecule has 0 N–H and O–H groups in total. The number of ether oxygens (including phenoxy) is 1.